The topological polar surface area (TPSA) is 65.5 Å². The van der Waals surface area contributed by atoms with Crippen molar-refractivity contribution >= 4 is 40.7 Å². The van der Waals surface area contributed by atoms with Crippen LogP contribution >= 0.6 is 23.2 Å². The Morgan fingerprint density at radius 1 is 1.04 bits per heavy atom. The van der Waals surface area contributed by atoms with Crippen LogP contribution in [-0.2, 0) is 0 Å². The number of carbonyl (C=O) groups excluding carboxylic acids is 2. The summed E-state index contributed by atoms with van der Waals surface area (Å²) in [5.41, 5.74) is 1.07. The maximum absolute atomic E-state index is 12.6. The lowest BCUT2D eigenvalue weighted by atomic mass is 10.1. The highest BCUT2D eigenvalue weighted by molar-refractivity contribution is 6.35. The number of rotatable bonds is 3. The second-order valence-electron chi connectivity index (χ2n) is 6.14. The van der Waals surface area contributed by atoms with Gasteiger partial charge in [0.15, 0.2) is 0 Å². The van der Waals surface area contributed by atoms with E-state index >= 15 is 0 Å². The number of pyridine rings is 1. The lowest BCUT2D eigenvalue weighted by molar-refractivity contribution is 0.0663. The predicted molar refractivity (Wildman–Crippen MR) is 102 cm³/mol. The van der Waals surface area contributed by atoms with Gasteiger partial charge in [-0.3, -0.25) is 14.6 Å². The molecule has 0 radical (unpaired) electrons. The number of hydrogen-bond donors (Lipinski definition) is 1. The summed E-state index contributed by atoms with van der Waals surface area (Å²) in [5, 5.41) is 3.53. The Balaban J connectivity index is 1.75. The molecule has 1 aromatic heterocycles. The van der Waals surface area contributed by atoms with E-state index in [1.807, 2.05) is 7.05 Å². The van der Waals surface area contributed by atoms with Crippen molar-refractivity contribution in [3.05, 3.63) is 57.8 Å². The minimum absolute atomic E-state index is 0.124. The van der Waals surface area contributed by atoms with E-state index in [1.165, 1.54) is 12.4 Å². The van der Waals surface area contributed by atoms with E-state index in [-0.39, 0.29) is 11.5 Å². The summed E-state index contributed by atoms with van der Waals surface area (Å²) < 4.78 is 0. The van der Waals surface area contributed by atoms with Gasteiger partial charge in [-0.25, -0.2) is 0 Å². The largest absolute Gasteiger partial charge is 0.336 e. The summed E-state index contributed by atoms with van der Waals surface area (Å²) in [6.45, 7) is 2.97. The van der Waals surface area contributed by atoms with Gasteiger partial charge in [-0.05, 0) is 31.3 Å². The van der Waals surface area contributed by atoms with Crippen LogP contribution in [0, 0.1) is 0 Å². The SMILES string of the molecule is CN1CCN(C(=O)c2cncc(C(=O)Nc3cc(Cl)ccc3Cl)c2)CC1. The maximum atomic E-state index is 12.6. The van der Waals surface area contributed by atoms with E-state index < -0.39 is 5.91 Å². The summed E-state index contributed by atoms with van der Waals surface area (Å²) in [6, 6.07) is 6.34. The number of benzene rings is 1. The number of nitrogens with zero attached hydrogens (tertiary/aromatic N) is 3. The minimum atomic E-state index is -0.408. The molecule has 1 aliphatic heterocycles. The maximum Gasteiger partial charge on any atom is 0.257 e. The van der Waals surface area contributed by atoms with E-state index in [1.54, 1.807) is 29.2 Å². The lowest BCUT2D eigenvalue weighted by Gasteiger charge is -2.32. The fourth-order valence-corrected chi connectivity index (χ4v) is 3.00. The van der Waals surface area contributed by atoms with Crippen LogP contribution in [0.15, 0.2) is 36.7 Å². The van der Waals surface area contributed by atoms with Crippen molar-refractivity contribution in [2.75, 3.05) is 38.5 Å². The average Bonchev–Trinajstić information content (AvgIpc) is 2.65. The average molecular weight is 393 g/mol. The van der Waals surface area contributed by atoms with Crippen LogP contribution in [0.1, 0.15) is 20.7 Å². The summed E-state index contributed by atoms with van der Waals surface area (Å²) in [7, 11) is 2.02. The first-order chi connectivity index (χ1) is 12.4. The Hall–Kier alpha value is -2.15. The number of aromatic nitrogens is 1. The molecule has 0 bridgehead atoms. The Morgan fingerprint density at radius 2 is 1.73 bits per heavy atom. The predicted octanol–water partition coefficient (Wildman–Crippen LogP) is 3.03. The molecule has 2 heterocycles. The molecule has 2 aromatic rings. The monoisotopic (exact) mass is 392 g/mol. The van der Waals surface area contributed by atoms with Gasteiger partial charge in [-0.2, -0.15) is 0 Å². The van der Waals surface area contributed by atoms with Gasteiger partial charge >= 0.3 is 0 Å². The first-order valence-electron chi connectivity index (χ1n) is 8.13. The van der Waals surface area contributed by atoms with Crippen molar-refractivity contribution in [2.45, 2.75) is 0 Å². The second-order valence-corrected chi connectivity index (χ2v) is 6.98. The summed E-state index contributed by atoms with van der Waals surface area (Å²) in [6.07, 6.45) is 2.89. The smallest absolute Gasteiger partial charge is 0.257 e. The minimum Gasteiger partial charge on any atom is -0.336 e. The summed E-state index contributed by atoms with van der Waals surface area (Å²) in [4.78, 5) is 33.1. The van der Waals surface area contributed by atoms with Gasteiger partial charge in [-0.1, -0.05) is 23.2 Å². The first-order valence-corrected chi connectivity index (χ1v) is 8.89. The van der Waals surface area contributed by atoms with Crippen LogP contribution < -0.4 is 5.32 Å². The number of nitrogens with one attached hydrogen (secondary N) is 1. The zero-order valence-electron chi connectivity index (χ0n) is 14.2. The normalized spacial score (nSPS) is 15.0. The number of anilines is 1. The van der Waals surface area contributed by atoms with Crippen LogP contribution in [0.2, 0.25) is 10.0 Å². The Morgan fingerprint density at radius 3 is 2.46 bits per heavy atom. The number of likely N-dealkylation sites (N-methyl/N-ethyl adjacent to an activating group) is 1. The van der Waals surface area contributed by atoms with Crippen molar-refractivity contribution in [2.24, 2.45) is 0 Å². The molecule has 0 spiro atoms. The fraction of sp³-hybridized carbons (Fsp3) is 0.278. The van der Waals surface area contributed by atoms with Gasteiger partial charge in [0.25, 0.3) is 11.8 Å². The molecule has 8 heteroatoms. The number of hydrogen-bond acceptors (Lipinski definition) is 4. The molecular weight excluding hydrogens is 375 g/mol. The second kappa shape index (κ2) is 8.03. The standard InChI is InChI=1S/C18H18Cl2N4O2/c1-23-4-6-24(7-5-23)18(26)13-8-12(10-21-11-13)17(25)22-16-9-14(19)2-3-15(16)20/h2-3,8-11H,4-7H2,1H3,(H,22,25). The molecule has 0 aliphatic carbocycles. The molecule has 1 fully saturated rings. The number of amides is 2. The Kier molecular flexibility index (Phi) is 5.76. The quantitative estimate of drug-likeness (QED) is 0.871. The molecular formula is C18H18Cl2N4O2. The van der Waals surface area contributed by atoms with Gasteiger partial charge in [0.1, 0.15) is 0 Å². The first kappa shape index (κ1) is 18.6. The van der Waals surface area contributed by atoms with Gasteiger partial charge in [0.05, 0.1) is 21.8 Å². The van der Waals surface area contributed by atoms with Crippen molar-refractivity contribution in [3.63, 3.8) is 0 Å². The van der Waals surface area contributed by atoms with Crippen molar-refractivity contribution in [1.82, 2.24) is 14.8 Å². The van der Waals surface area contributed by atoms with Crippen LogP contribution in [0.4, 0.5) is 5.69 Å². The highest BCUT2D eigenvalue weighted by Gasteiger charge is 2.21. The number of halogens is 2. The van der Waals surface area contributed by atoms with Crippen molar-refractivity contribution in [3.8, 4) is 0 Å². The molecule has 26 heavy (non-hydrogen) atoms. The molecule has 0 saturated carbocycles. The molecule has 1 aromatic carbocycles. The van der Waals surface area contributed by atoms with E-state index in [0.29, 0.717) is 34.4 Å². The van der Waals surface area contributed by atoms with Crippen LogP contribution in [0.3, 0.4) is 0 Å². The molecule has 1 saturated heterocycles. The van der Waals surface area contributed by atoms with Crippen LogP contribution in [0.5, 0.6) is 0 Å². The molecule has 6 nitrogen and oxygen atoms in total. The van der Waals surface area contributed by atoms with Gasteiger partial charge < -0.3 is 15.1 Å². The van der Waals surface area contributed by atoms with Crippen molar-refractivity contribution in [1.29, 1.82) is 0 Å². The summed E-state index contributed by atoms with van der Waals surface area (Å²) >= 11 is 12.0. The zero-order valence-corrected chi connectivity index (χ0v) is 15.7. The molecule has 0 unspecified atom stereocenters. The van der Waals surface area contributed by atoms with Crippen LogP contribution in [0.25, 0.3) is 0 Å². The third-order valence-electron chi connectivity index (χ3n) is 4.21. The Labute approximate surface area is 161 Å². The molecule has 1 aliphatic rings. The molecule has 3 rings (SSSR count). The molecule has 1 N–H and O–H groups in total. The molecule has 2 amide bonds. The van der Waals surface area contributed by atoms with E-state index in [9.17, 15) is 9.59 Å². The number of piperazine rings is 1. The van der Waals surface area contributed by atoms with Gasteiger partial charge in [-0.15, -0.1) is 0 Å². The van der Waals surface area contributed by atoms with Gasteiger partial charge in [0.2, 0.25) is 0 Å². The van der Waals surface area contributed by atoms with E-state index in [4.69, 9.17) is 23.2 Å². The van der Waals surface area contributed by atoms with Crippen LogP contribution in [-0.4, -0.2) is 59.8 Å². The Bertz CT molecular complexity index is 836. The van der Waals surface area contributed by atoms with E-state index in [0.717, 1.165) is 13.1 Å². The summed E-state index contributed by atoms with van der Waals surface area (Å²) in [5.74, 6) is -0.532. The lowest BCUT2D eigenvalue weighted by Crippen LogP contribution is -2.47. The highest BCUT2D eigenvalue weighted by Crippen LogP contribution is 2.26. The van der Waals surface area contributed by atoms with E-state index in [2.05, 4.69) is 15.2 Å². The highest BCUT2D eigenvalue weighted by atomic mass is 35.5. The molecule has 0 atom stereocenters. The third kappa shape index (κ3) is 4.33. The number of carbonyl (C=O) groups is 2. The zero-order chi connectivity index (χ0) is 18.7. The third-order valence-corrected chi connectivity index (χ3v) is 4.78. The fourth-order valence-electron chi connectivity index (χ4n) is 2.66. The van der Waals surface area contributed by atoms with Crippen molar-refractivity contribution < 1.29 is 9.59 Å². The molecule has 136 valence electrons. The van der Waals surface area contributed by atoms with Gasteiger partial charge in [0, 0.05) is 43.6 Å².